The largest absolute Gasteiger partial charge is 0.480 e. The number of amides is 1. The summed E-state index contributed by atoms with van der Waals surface area (Å²) in [4.78, 5) is 30.9. The summed E-state index contributed by atoms with van der Waals surface area (Å²) in [5.41, 5.74) is 0.0594. The van der Waals surface area contributed by atoms with Gasteiger partial charge in [0.25, 0.3) is 5.91 Å². The number of carbonyl (C=O) groups is 2. The van der Waals surface area contributed by atoms with Crippen LogP contribution in [0.5, 0.6) is 5.88 Å². The smallest absolute Gasteiger partial charge is 0.337 e. The van der Waals surface area contributed by atoms with Gasteiger partial charge in [0.15, 0.2) is 0 Å². The van der Waals surface area contributed by atoms with Crippen molar-refractivity contribution in [2.45, 2.75) is 0 Å². The average Bonchev–Trinajstić information content (AvgIpc) is 2.55. The van der Waals surface area contributed by atoms with Crippen LogP contribution in [0.15, 0.2) is 30.6 Å². The molecule has 8 heteroatoms. The number of carbonyl (C=O) groups excluding carboxylic acids is 1. The standard InChI is InChI=1S/C14H10N4O4/c1-22-12-7-16-11(6-17-12)13(19)18-10-3-2-8(5-15)4-9(10)14(20)21/h2-4,6-7H,1H3,(H,18,19)(H,20,21). The summed E-state index contributed by atoms with van der Waals surface area (Å²) in [6.45, 7) is 0. The number of carboxylic acids is 1. The topological polar surface area (TPSA) is 125 Å². The molecule has 1 aromatic heterocycles. The zero-order chi connectivity index (χ0) is 16.1. The fraction of sp³-hybridized carbons (Fsp3) is 0.0714. The van der Waals surface area contributed by atoms with E-state index in [2.05, 4.69) is 15.3 Å². The maximum Gasteiger partial charge on any atom is 0.337 e. The molecule has 0 saturated heterocycles. The van der Waals surface area contributed by atoms with Crippen LogP contribution in [0.1, 0.15) is 26.4 Å². The van der Waals surface area contributed by atoms with E-state index in [1.807, 2.05) is 6.07 Å². The van der Waals surface area contributed by atoms with Crippen LogP contribution in [-0.2, 0) is 0 Å². The molecule has 2 N–H and O–H groups in total. The Morgan fingerprint density at radius 3 is 2.64 bits per heavy atom. The van der Waals surface area contributed by atoms with E-state index in [4.69, 9.17) is 15.1 Å². The first-order valence-corrected chi connectivity index (χ1v) is 6.00. The normalized spacial score (nSPS) is 9.64. The number of nitriles is 1. The van der Waals surface area contributed by atoms with Gasteiger partial charge in [-0.2, -0.15) is 5.26 Å². The maximum atomic E-state index is 12.0. The number of carboxylic acid groups (broad SMARTS) is 1. The zero-order valence-electron chi connectivity index (χ0n) is 11.4. The number of methoxy groups -OCH3 is 1. The van der Waals surface area contributed by atoms with Crippen LogP contribution in [0, 0.1) is 11.3 Å². The monoisotopic (exact) mass is 298 g/mol. The van der Waals surface area contributed by atoms with E-state index in [0.29, 0.717) is 0 Å². The van der Waals surface area contributed by atoms with Gasteiger partial charge in [-0.05, 0) is 18.2 Å². The molecule has 0 bridgehead atoms. The van der Waals surface area contributed by atoms with Crippen LogP contribution in [0.3, 0.4) is 0 Å². The molecule has 1 amide bonds. The highest BCUT2D eigenvalue weighted by atomic mass is 16.5. The number of ether oxygens (including phenoxy) is 1. The first-order valence-electron chi connectivity index (χ1n) is 6.00. The van der Waals surface area contributed by atoms with E-state index in [1.54, 1.807) is 0 Å². The lowest BCUT2D eigenvalue weighted by Gasteiger charge is -2.08. The number of hydrogen-bond acceptors (Lipinski definition) is 6. The molecule has 22 heavy (non-hydrogen) atoms. The van der Waals surface area contributed by atoms with Gasteiger partial charge in [0.1, 0.15) is 5.69 Å². The lowest BCUT2D eigenvalue weighted by Crippen LogP contribution is -2.16. The van der Waals surface area contributed by atoms with E-state index in [-0.39, 0.29) is 28.4 Å². The second-order valence-corrected chi connectivity index (χ2v) is 4.08. The fourth-order valence-corrected chi connectivity index (χ4v) is 1.62. The third kappa shape index (κ3) is 3.16. The molecule has 1 aromatic carbocycles. The first kappa shape index (κ1) is 14.9. The minimum absolute atomic E-state index is 0.00139. The van der Waals surface area contributed by atoms with Gasteiger partial charge in [0, 0.05) is 0 Å². The number of aromatic carboxylic acids is 1. The van der Waals surface area contributed by atoms with E-state index < -0.39 is 11.9 Å². The van der Waals surface area contributed by atoms with Crippen molar-refractivity contribution in [2.75, 3.05) is 12.4 Å². The van der Waals surface area contributed by atoms with Crippen molar-refractivity contribution in [2.24, 2.45) is 0 Å². The summed E-state index contributed by atoms with van der Waals surface area (Å²) >= 11 is 0. The maximum absolute atomic E-state index is 12.0. The number of aromatic nitrogens is 2. The van der Waals surface area contributed by atoms with Crippen LogP contribution in [0.2, 0.25) is 0 Å². The van der Waals surface area contributed by atoms with Crippen molar-refractivity contribution < 1.29 is 19.4 Å². The van der Waals surface area contributed by atoms with Gasteiger partial charge in [-0.3, -0.25) is 4.79 Å². The highest BCUT2D eigenvalue weighted by molar-refractivity contribution is 6.06. The Morgan fingerprint density at radius 1 is 1.32 bits per heavy atom. The average molecular weight is 298 g/mol. The second-order valence-electron chi connectivity index (χ2n) is 4.08. The van der Waals surface area contributed by atoms with Gasteiger partial charge in [-0.15, -0.1) is 0 Å². The molecule has 2 aromatic rings. The molecule has 0 aliphatic heterocycles. The Hall–Kier alpha value is -3.47. The summed E-state index contributed by atoms with van der Waals surface area (Å²) < 4.78 is 4.83. The predicted octanol–water partition coefficient (Wildman–Crippen LogP) is 1.31. The van der Waals surface area contributed by atoms with Gasteiger partial charge in [-0.25, -0.2) is 14.8 Å². The molecule has 0 unspecified atom stereocenters. The Labute approximate surface area is 125 Å². The molecule has 8 nitrogen and oxygen atoms in total. The molecular formula is C14H10N4O4. The summed E-state index contributed by atoms with van der Waals surface area (Å²) in [7, 11) is 1.42. The predicted molar refractivity (Wildman–Crippen MR) is 74.7 cm³/mol. The van der Waals surface area contributed by atoms with E-state index in [9.17, 15) is 9.59 Å². The van der Waals surface area contributed by atoms with Crippen molar-refractivity contribution in [3.05, 3.63) is 47.4 Å². The number of rotatable bonds is 4. The third-order valence-corrected chi connectivity index (χ3v) is 2.70. The van der Waals surface area contributed by atoms with Crippen molar-refractivity contribution in [3.63, 3.8) is 0 Å². The lowest BCUT2D eigenvalue weighted by molar-refractivity contribution is 0.0698. The summed E-state index contributed by atoms with van der Waals surface area (Å²) in [6.07, 6.45) is 2.48. The van der Waals surface area contributed by atoms with Crippen molar-refractivity contribution in [3.8, 4) is 11.9 Å². The molecular weight excluding hydrogens is 288 g/mol. The molecule has 0 saturated carbocycles. The first-order chi connectivity index (χ1) is 10.5. The number of nitrogens with zero attached hydrogens (tertiary/aromatic N) is 3. The van der Waals surface area contributed by atoms with Gasteiger partial charge in [0.05, 0.1) is 42.4 Å². The molecule has 1 heterocycles. The van der Waals surface area contributed by atoms with Gasteiger partial charge in [0.2, 0.25) is 5.88 Å². The quantitative estimate of drug-likeness (QED) is 0.871. The number of anilines is 1. The van der Waals surface area contributed by atoms with E-state index in [1.165, 1.54) is 37.7 Å². The molecule has 0 aliphatic rings. The fourth-order valence-electron chi connectivity index (χ4n) is 1.62. The minimum atomic E-state index is -1.26. The summed E-state index contributed by atoms with van der Waals surface area (Å²) in [5.74, 6) is -1.63. The van der Waals surface area contributed by atoms with Crippen LogP contribution in [0.25, 0.3) is 0 Å². The zero-order valence-corrected chi connectivity index (χ0v) is 11.4. The van der Waals surface area contributed by atoms with Crippen LogP contribution < -0.4 is 10.1 Å². The third-order valence-electron chi connectivity index (χ3n) is 2.70. The molecule has 2 rings (SSSR count). The van der Waals surface area contributed by atoms with Gasteiger partial charge < -0.3 is 15.2 Å². The number of benzene rings is 1. The molecule has 0 atom stereocenters. The molecule has 0 radical (unpaired) electrons. The van der Waals surface area contributed by atoms with Gasteiger partial charge in [-0.1, -0.05) is 0 Å². The SMILES string of the molecule is COc1cnc(C(=O)Nc2ccc(C#N)cc2C(=O)O)cn1. The van der Waals surface area contributed by atoms with Crippen molar-refractivity contribution >= 4 is 17.6 Å². The van der Waals surface area contributed by atoms with Crippen LogP contribution >= 0.6 is 0 Å². The van der Waals surface area contributed by atoms with E-state index in [0.717, 1.165) is 0 Å². The molecule has 0 aliphatic carbocycles. The highest BCUT2D eigenvalue weighted by Crippen LogP contribution is 2.18. The van der Waals surface area contributed by atoms with Gasteiger partial charge >= 0.3 is 5.97 Å². The molecule has 0 spiro atoms. The molecule has 110 valence electrons. The number of nitrogens with one attached hydrogen (secondary N) is 1. The molecule has 0 fully saturated rings. The second kappa shape index (κ2) is 6.32. The number of hydrogen-bond donors (Lipinski definition) is 2. The highest BCUT2D eigenvalue weighted by Gasteiger charge is 2.15. The van der Waals surface area contributed by atoms with E-state index >= 15 is 0 Å². The Morgan fingerprint density at radius 2 is 2.09 bits per heavy atom. The van der Waals surface area contributed by atoms with Crippen LogP contribution in [0.4, 0.5) is 5.69 Å². The van der Waals surface area contributed by atoms with Crippen molar-refractivity contribution in [1.82, 2.24) is 9.97 Å². The summed E-state index contributed by atoms with van der Waals surface area (Å²) in [6, 6.07) is 5.76. The summed E-state index contributed by atoms with van der Waals surface area (Å²) in [5, 5.41) is 20.3. The Balaban J connectivity index is 2.27. The minimum Gasteiger partial charge on any atom is -0.480 e. The lowest BCUT2D eigenvalue weighted by atomic mass is 10.1. The van der Waals surface area contributed by atoms with Crippen molar-refractivity contribution in [1.29, 1.82) is 5.26 Å². The Bertz CT molecular complexity index is 765. The van der Waals surface area contributed by atoms with Crippen LogP contribution in [-0.4, -0.2) is 34.1 Å². The Kier molecular flexibility index (Phi) is 4.29.